The molecule has 1 unspecified atom stereocenters. The topological polar surface area (TPSA) is 112 Å². The Labute approximate surface area is 87.4 Å². The molecule has 0 amide bonds. The summed E-state index contributed by atoms with van der Waals surface area (Å²) >= 11 is 0. The van der Waals surface area contributed by atoms with Crippen LogP contribution >= 0.6 is 7.37 Å². The van der Waals surface area contributed by atoms with Gasteiger partial charge in [0.15, 0.2) is 0 Å². The third-order valence-electron chi connectivity index (χ3n) is 1.82. The Morgan fingerprint density at radius 3 is 1.93 bits per heavy atom. The van der Waals surface area contributed by atoms with Gasteiger partial charge >= 0.3 is 11.9 Å². The highest BCUT2D eigenvalue weighted by Crippen LogP contribution is 2.41. The van der Waals surface area contributed by atoms with Crippen molar-refractivity contribution < 1.29 is 29.3 Å². The van der Waals surface area contributed by atoms with Crippen LogP contribution in [0.25, 0.3) is 0 Å². The van der Waals surface area contributed by atoms with Gasteiger partial charge in [0.1, 0.15) is 0 Å². The number of hydrogen-bond donors (Lipinski definition) is 3. The summed E-state index contributed by atoms with van der Waals surface area (Å²) in [5.74, 6) is -2.04. The molecule has 0 aliphatic heterocycles. The largest absolute Gasteiger partial charge is 0.481 e. The SMILES string of the molecule is O=C(O)CCCCP(=O)(O)CCC(=O)O. The molecule has 0 spiro atoms. The average molecular weight is 238 g/mol. The first-order valence-corrected chi connectivity index (χ1v) is 6.61. The van der Waals surface area contributed by atoms with Gasteiger partial charge < -0.3 is 15.1 Å². The summed E-state index contributed by atoms with van der Waals surface area (Å²) in [6.07, 6.45) is 0.0707. The molecule has 7 heteroatoms. The summed E-state index contributed by atoms with van der Waals surface area (Å²) in [4.78, 5) is 29.6. The Morgan fingerprint density at radius 2 is 1.47 bits per heavy atom. The maximum atomic E-state index is 11.3. The molecule has 0 bridgehead atoms. The van der Waals surface area contributed by atoms with Gasteiger partial charge in [0, 0.05) is 18.7 Å². The second-order valence-electron chi connectivity index (χ2n) is 3.29. The van der Waals surface area contributed by atoms with E-state index in [1.807, 2.05) is 0 Å². The quantitative estimate of drug-likeness (QED) is 0.429. The molecule has 6 nitrogen and oxygen atoms in total. The zero-order chi connectivity index (χ0) is 11.9. The van der Waals surface area contributed by atoms with Crippen LogP contribution in [0.15, 0.2) is 0 Å². The maximum Gasteiger partial charge on any atom is 0.303 e. The fraction of sp³-hybridized carbons (Fsp3) is 0.750. The number of aliphatic carboxylic acids is 2. The first-order valence-electron chi connectivity index (χ1n) is 4.58. The molecule has 0 heterocycles. The van der Waals surface area contributed by atoms with Gasteiger partial charge in [-0.1, -0.05) is 0 Å². The predicted molar refractivity (Wildman–Crippen MR) is 53.3 cm³/mol. The molecule has 15 heavy (non-hydrogen) atoms. The van der Waals surface area contributed by atoms with Crippen LogP contribution in [0.1, 0.15) is 25.7 Å². The predicted octanol–water partition coefficient (Wildman–Crippen LogP) is 0.986. The van der Waals surface area contributed by atoms with Crippen LogP contribution in [0.4, 0.5) is 0 Å². The van der Waals surface area contributed by atoms with Crippen molar-refractivity contribution in [2.45, 2.75) is 25.7 Å². The Kier molecular flexibility index (Phi) is 6.20. The lowest BCUT2D eigenvalue weighted by Crippen LogP contribution is -2.03. The van der Waals surface area contributed by atoms with Crippen molar-refractivity contribution >= 4 is 19.3 Å². The van der Waals surface area contributed by atoms with E-state index in [4.69, 9.17) is 10.2 Å². The van der Waals surface area contributed by atoms with Crippen LogP contribution in [0.5, 0.6) is 0 Å². The third-order valence-corrected chi connectivity index (χ3v) is 3.76. The maximum absolute atomic E-state index is 11.3. The molecule has 0 aromatic rings. The molecule has 1 atom stereocenters. The fourth-order valence-electron chi connectivity index (χ4n) is 1.02. The van der Waals surface area contributed by atoms with Gasteiger partial charge in [-0.2, -0.15) is 0 Å². The number of carboxylic acid groups (broad SMARTS) is 2. The minimum absolute atomic E-state index is 0.00639. The van der Waals surface area contributed by atoms with Crippen molar-refractivity contribution in [2.24, 2.45) is 0 Å². The first-order chi connectivity index (χ1) is 6.83. The van der Waals surface area contributed by atoms with Gasteiger partial charge in [0.05, 0.1) is 6.42 Å². The molecule has 0 saturated carbocycles. The summed E-state index contributed by atoms with van der Waals surface area (Å²) in [6.45, 7) is 0. The monoisotopic (exact) mass is 238 g/mol. The van der Waals surface area contributed by atoms with Crippen LogP contribution < -0.4 is 0 Å². The number of hydrogen-bond acceptors (Lipinski definition) is 3. The highest BCUT2D eigenvalue weighted by Gasteiger charge is 2.18. The van der Waals surface area contributed by atoms with E-state index in [0.29, 0.717) is 12.8 Å². The van der Waals surface area contributed by atoms with E-state index in [1.54, 1.807) is 0 Å². The minimum atomic E-state index is -3.38. The van der Waals surface area contributed by atoms with E-state index in [2.05, 4.69) is 0 Å². The summed E-state index contributed by atoms with van der Waals surface area (Å²) in [5.41, 5.74) is 0. The Bertz CT molecular complexity index is 274. The second-order valence-corrected chi connectivity index (χ2v) is 5.88. The molecule has 0 aromatic carbocycles. The molecule has 0 aliphatic carbocycles. The van der Waals surface area contributed by atoms with Gasteiger partial charge in [-0.3, -0.25) is 14.2 Å². The summed E-state index contributed by atoms with van der Waals surface area (Å²) in [5, 5.41) is 16.6. The van der Waals surface area contributed by atoms with Gasteiger partial charge in [-0.25, -0.2) is 0 Å². The molecule has 3 N–H and O–H groups in total. The van der Waals surface area contributed by atoms with E-state index >= 15 is 0 Å². The highest BCUT2D eigenvalue weighted by molar-refractivity contribution is 7.58. The zero-order valence-corrected chi connectivity index (χ0v) is 9.15. The number of rotatable bonds is 8. The molecule has 0 radical (unpaired) electrons. The highest BCUT2D eigenvalue weighted by atomic mass is 31.2. The first kappa shape index (κ1) is 14.1. The summed E-state index contributed by atoms with van der Waals surface area (Å²) in [7, 11) is -3.38. The van der Waals surface area contributed by atoms with Gasteiger partial charge in [0.2, 0.25) is 7.37 Å². The third kappa shape index (κ3) is 9.43. The van der Waals surface area contributed by atoms with Crippen molar-refractivity contribution in [1.29, 1.82) is 0 Å². The molecule has 0 fully saturated rings. The molecule has 88 valence electrons. The van der Waals surface area contributed by atoms with Crippen LogP contribution in [-0.2, 0) is 14.2 Å². The second kappa shape index (κ2) is 6.58. The molecule has 0 aliphatic rings. The van der Waals surface area contributed by atoms with Gasteiger partial charge in [0.25, 0.3) is 0 Å². The van der Waals surface area contributed by atoms with Gasteiger partial charge in [-0.15, -0.1) is 0 Å². The van der Waals surface area contributed by atoms with Crippen molar-refractivity contribution in [3.63, 3.8) is 0 Å². The van der Waals surface area contributed by atoms with E-state index in [-0.39, 0.29) is 25.2 Å². The van der Waals surface area contributed by atoms with E-state index < -0.39 is 19.3 Å². The lowest BCUT2D eigenvalue weighted by atomic mass is 10.2. The number of unbranched alkanes of at least 4 members (excludes halogenated alkanes) is 1. The van der Waals surface area contributed by atoms with Crippen LogP contribution in [0.2, 0.25) is 0 Å². The Morgan fingerprint density at radius 1 is 0.933 bits per heavy atom. The zero-order valence-electron chi connectivity index (χ0n) is 8.26. The fourth-order valence-corrected chi connectivity index (χ4v) is 2.50. The van der Waals surface area contributed by atoms with Crippen molar-refractivity contribution in [2.75, 3.05) is 12.3 Å². The standard InChI is InChI=1S/C8H15O6P/c9-7(10)3-1-2-5-15(13,14)6-4-8(11)12/h1-6H2,(H,9,10)(H,11,12)(H,13,14). The average Bonchev–Trinajstić information content (AvgIpc) is 2.09. The summed E-state index contributed by atoms with van der Waals surface area (Å²) in [6, 6.07) is 0. The molecular formula is C8H15O6P. The normalized spacial score (nSPS) is 14.5. The Balaban J connectivity index is 3.69. The van der Waals surface area contributed by atoms with E-state index in [1.165, 1.54) is 0 Å². The molecular weight excluding hydrogens is 223 g/mol. The lowest BCUT2D eigenvalue weighted by Gasteiger charge is -2.09. The lowest BCUT2D eigenvalue weighted by molar-refractivity contribution is -0.137. The molecule has 0 saturated heterocycles. The molecule has 0 aromatic heterocycles. The van der Waals surface area contributed by atoms with Crippen molar-refractivity contribution in [1.82, 2.24) is 0 Å². The smallest absolute Gasteiger partial charge is 0.303 e. The van der Waals surface area contributed by atoms with E-state index in [9.17, 15) is 19.0 Å². The summed E-state index contributed by atoms with van der Waals surface area (Å²) < 4.78 is 11.3. The van der Waals surface area contributed by atoms with Crippen LogP contribution in [-0.4, -0.2) is 39.4 Å². The number of carbonyl (C=O) groups is 2. The van der Waals surface area contributed by atoms with E-state index in [0.717, 1.165) is 0 Å². The Hall–Kier alpha value is -0.870. The van der Waals surface area contributed by atoms with Gasteiger partial charge in [-0.05, 0) is 12.8 Å². The van der Waals surface area contributed by atoms with Crippen molar-refractivity contribution in [3.05, 3.63) is 0 Å². The van der Waals surface area contributed by atoms with Crippen LogP contribution in [0.3, 0.4) is 0 Å². The van der Waals surface area contributed by atoms with Crippen molar-refractivity contribution in [3.8, 4) is 0 Å². The number of carboxylic acids is 2. The van der Waals surface area contributed by atoms with Crippen LogP contribution in [0, 0.1) is 0 Å². The minimum Gasteiger partial charge on any atom is -0.481 e. The molecule has 0 rings (SSSR count).